The number of anilines is 1. The zero-order chi connectivity index (χ0) is 26.5. The number of fused-ring (bicyclic) bond motifs is 1. The highest BCUT2D eigenvalue weighted by Gasteiger charge is 2.35. The number of ketones is 1. The molecule has 1 fully saturated rings. The van der Waals surface area contributed by atoms with Crippen molar-refractivity contribution in [2.45, 2.75) is 39.5 Å². The number of allylic oxidation sites excluding steroid dienone is 2. The molecule has 0 spiro atoms. The van der Waals surface area contributed by atoms with Gasteiger partial charge >= 0.3 is 0 Å². The number of amides is 2. The third kappa shape index (κ3) is 6.36. The quantitative estimate of drug-likeness (QED) is 0.341. The van der Waals surface area contributed by atoms with Crippen LogP contribution in [0.25, 0.3) is 0 Å². The minimum atomic E-state index is -0.316. The van der Waals surface area contributed by atoms with E-state index in [9.17, 15) is 14.4 Å². The van der Waals surface area contributed by atoms with Crippen molar-refractivity contribution in [3.8, 4) is 0 Å². The highest BCUT2D eigenvalue weighted by atomic mass is 35.5. The normalized spacial score (nSPS) is 16.9. The van der Waals surface area contributed by atoms with Gasteiger partial charge in [0, 0.05) is 72.9 Å². The molecule has 0 N–H and O–H groups in total. The van der Waals surface area contributed by atoms with Crippen LogP contribution in [0.1, 0.15) is 60.2 Å². The molecule has 0 aliphatic carbocycles. The Hall–Kier alpha value is -2.83. The van der Waals surface area contributed by atoms with E-state index in [0.29, 0.717) is 27.6 Å². The molecular formula is C29H33Cl2N3O3. The number of carbonyl (C=O) groups excluding carboxylic acids is 3. The van der Waals surface area contributed by atoms with Crippen LogP contribution in [0.15, 0.2) is 54.2 Å². The number of Topliss-reactive ketones (excluding diaryl/α,β-unsaturated/α-hetero) is 1. The van der Waals surface area contributed by atoms with Crippen LogP contribution in [0.3, 0.4) is 0 Å². The first-order valence-electron chi connectivity index (χ1n) is 12.9. The number of halogens is 2. The Morgan fingerprint density at radius 3 is 2.14 bits per heavy atom. The summed E-state index contributed by atoms with van der Waals surface area (Å²) in [6.45, 7) is 7.70. The van der Waals surface area contributed by atoms with Gasteiger partial charge in [0.1, 0.15) is 5.78 Å². The SMILES string of the molecule is CCC/C=C(\C(C)CC(=O)CCN1C(=O)c2ccccc2C1=O)N1CCN(c2cc(Cl)cc(Cl)c2)CC1. The van der Waals surface area contributed by atoms with Gasteiger partial charge in [-0.05, 0) is 36.8 Å². The molecule has 0 bridgehead atoms. The fourth-order valence-electron chi connectivity index (χ4n) is 5.11. The number of imide groups is 1. The van der Waals surface area contributed by atoms with Gasteiger partial charge in [-0.2, -0.15) is 0 Å². The maximum atomic E-state index is 12.9. The van der Waals surface area contributed by atoms with E-state index in [1.54, 1.807) is 30.3 Å². The fourth-order valence-corrected chi connectivity index (χ4v) is 5.62. The molecule has 0 radical (unpaired) electrons. The van der Waals surface area contributed by atoms with Crippen molar-refractivity contribution in [1.82, 2.24) is 9.80 Å². The van der Waals surface area contributed by atoms with Crippen LogP contribution in [0.2, 0.25) is 10.0 Å². The summed E-state index contributed by atoms with van der Waals surface area (Å²) in [5.41, 5.74) is 3.04. The molecule has 4 rings (SSSR count). The molecule has 1 unspecified atom stereocenters. The van der Waals surface area contributed by atoms with E-state index in [1.807, 2.05) is 12.1 Å². The van der Waals surface area contributed by atoms with Crippen molar-refractivity contribution >= 4 is 46.5 Å². The third-order valence-corrected chi connectivity index (χ3v) is 7.47. The molecule has 37 heavy (non-hydrogen) atoms. The first kappa shape index (κ1) is 27.2. The molecule has 8 heteroatoms. The third-order valence-electron chi connectivity index (χ3n) is 7.03. The summed E-state index contributed by atoms with van der Waals surface area (Å²) in [6.07, 6.45) is 4.79. The van der Waals surface area contributed by atoms with Crippen molar-refractivity contribution in [1.29, 1.82) is 0 Å². The predicted molar refractivity (Wildman–Crippen MR) is 148 cm³/mol. The Balaban J connectivity index is 1.33. The van der Waals surface area contributed by atoms with Gasteiger partial charge in [-0.25, -0.2) is 0 Å². The van der Waals surface area contributed by atoms with Gasteiger partial charge in [-0.15, -0.1) is 0 Å². The van der Waals surface area contributed by atoms with Crippen molar-refractivity contribution in [2.75, 3.05) is 37.6 Å². The van der Waals surface area contributed by atoms with Crippen LogP contribution < -0.4 is 4.90 Å². The molecule has 0 aromatic heterocycles. The lowest BCUT2D eigenvalue weighted by Crippen LogP contribution is -2.46. The Morgan fingerprint density at radius 1 is 0.973 bits per heavy atom. The van der Waals surface area contributed by atoms with Gasteiger partial charge in [-0.1, -0.05) is 61.7 Å². The second kappa shape index (κ2) is 12.1. The molecule has 6 nitrogen and oxygen atoms in total. The molecule has 2 amide bonds. The summed E-state index contributed by atoms with van der Waals surface area (Å²) >= 11 is 12.4. The monoisotopic (exact) mass is 541 g/mol. The average molecular weight is 543 g/mol. The lowest BCUT2D eigenvalue weighted by Gasteiger charge is -2.40. The van der Waals surface area contributed by atoms with Gasteiger partial charge in [0.2, 0.25) is 0 Å². The van der Waals surface area contributed by atoms with Gasteiger partial charge in [0.05, 0.1) is 11.1 Å². The minimum absolute atomic E-state index is 0.0494. The molecule has 1 saturated heterocycles. The molecule has 2 aliphatic rings. The van der Waals surface area contributed by atoms with E-state index < -0.39 is 0 Å². The lowest BCUT2D eigenvalue weighted by atomic mass is 9.96. The smallest absolute Gasteiger partial charge is 0.261 e. The second-order valence-corrected chi connectivity index (χ2v) is 10.6. The summed E-state index contributed by atoms with van der Waals surface area (Å²) in [6, 6.07) is 12.4. The van der Waals surface area contributed by atoms with E-state index >= 15 is 0 Å². The minimum Gasteiger partial charge on any atom is -0.371 e. The lowest BCUT2D eigenvalue weighted by molar-refractivity contribution is -0.119. The van der Waals surface area contributed by atoms with Gasteiger partial charge in [0.15, 0.2) is 0 Å². The zero-order valence-corrected chi connectivity index (χ0v) is 22.9. The largest absolute Gasteiger partial charge is 0.371 e. The van der Waals surface area contributed by atoms with Crippen LogP contribution in [0.5, 0.6) is 0 Å². The van der Waals surface area contributed by atoms with Crippen LogP contribution in [0.4, 0.5) is 5.69 Å². The summed E-state index contributed by atoms with van der Waals surface area (Å²) < 4.78 is 0. The Labute approximate surface area is 228 Å². The zero-order valence-electron chi connectivity index (χ0n) is 21.4. The van der Waals surface area contributed by atoms with Crippen molar-refractivity contribution in [3.05, 3.63) is 75.4 Å². The Bertz CT molecular complexity index is 1150. The maximum absolute atomic E-state index is 12.9. The standard InChI is InChI=1S/C29H33Cl2N3O3/c1-3-4-9-27(33-14-12-32(13-15-33)23-18-21(30)17-22(31)19-23)20(2)16-24(35)10-11-34-28(36)25-7-5-6-8-26(25)29(34)37/h5-9,17-20H,3-4,10-16H2,1-2H3/b27-9+. The molecule has 2 aromatic rings. The van der Waals surface area contributed by atoms with Crippen LogP contribution in [-0.4, -0.2) is 60.1 Å². The van der Waals surface area contributed by atoms with E-state index in [-0.39, 0.29) is 36.5 Å². The maximum Gasteiger partial charge on any atom is 0.261 e. The summed E-state index contributed by atoms with van der Waals surface area (Å²) in [5, 5.41) is 1.25. The number of hydrogen-bond donors (Lipinski definition) is 0. The highest BCUT2D eigenvalue weighted by molar-refractivity contribution is 6.35. The highest BCUT2D eigenvalue weighted by Crippen LogP contribution is 2.29. The topological polar surface area (TPSA) is 60.9 Å². The molecule has 0 saturated carbocycles. The number of carbonyl (C=O) groups is 3. The van der Waals surface area contributed by atoms with Gasteiger partial charge in [0.25, 0.3) is 11.8 Å². The van der Waals surface area contributed by atoms with E-state index in [0.717, 1.165) is 44.7 Å². The Kier molecular flexibility index (Phi) is 8.93. The number of piperazine rings is 1. The number of nitrogens with zero attached hydrogens (tertiary/aromatic N) is 3. The fraction of sp³-hybridized carbons (Fsp3) is 0.414. The van der Waals surface area contributed by atoms with Gasteiger partial charge < -0.3 is 9.80 Å². The number of hydrogen-bond acceptors (Lipinski definition) is 5. The summed E-state index contributed by atoms with van der Waals surface area (Å²) in [7, 11) is 0. The molecular weight excluding hydrogens is 509 g/mol. The van der Waals surface area contributed by atoms with Gasteiger partial charge in [-0.3, -0.25) is 19.3 Å². The average Bonchev–Trinajstić information content (AvgIpc) is 3.12. The first-order chi connectivity index (χ1) is 17.8. The molecule has 2 aromatic carbocycles. The van der Waals surface area contributed by atoms with E-state index in [4.69, 9.17) is 23.2 Å². The summed E-state index contributed by atoms with van der Waals surface area (Å²) in [5.74, 6) is -0.528. The Morgan fingerprint density at radius 2 is 1.57 bits per heavy atom. The van der Waals surface area contributed by atoms with Crippen molar-refractivity contribution < 1.29 is 14.4 Å². The summed E-state index contributed by atoms with van der Waals surface area (Å²) in [4.78, 5) is 44.0. The van der Waals surface area contributed by atoms with Crippen LogP contribution >= 0.6 is 23.2 Å². The number of unbranched alkanes of at least 4 members (excludes halogenated alkanes) is 1. The molecule has 2 heterocycles. The second-order valence-electron chi connectivity index (χ2n) is 9.72. The van der Waals surface area contributed by atoms with Crippen molar-refractivity contribution in [3.63, 3.8) is 0 Å². The molecule has 1 atom stereocenters. The predicted octanol–water partition coefficient (Wildman–Crippen LogP) is 6.08. The van der Waals surface area contributed by atoms with Crippen molar-refractivity contribution in [2.24, 2.45) is 5.92 Å². The molecule has 2 aliphatic heterocycles. The van der Waals surface area contributed by atoms with Crippen LogP contribution in [0, 0.1) is 5.92 Å². The number of rotatable bonds is 10. The van der Waals surface area contributed by atoms with E-state index in [2.05, 4.69) is 29.7 Å². The number of benzene rings is 2. The van der Waals surface area contributed by atoms with E-state index in [1.165, 1.54) is 10.6 Å². The molecule has 196 valence electrons. The first-order valence-corrected chi connectivity index (χ1v) is 13.7. The van der Waals surface area contributed by atoms with Crippen LogP contribution in [-0.2, 0) is 4.79 Å².